The maximum atomic E-state index is 12.1. The Morgan fingerprint density at radius 1 is 1.44 bits per heavy atom. The van der Waals surface area contributed by atoms with Gasteiger partial charge < -0.3 is 5.32 Å². The molecule has 4 heteroatoms. The summed E-state index contributed by atoms with van der Waals surface area (Å²) in [4.78, 5) is 14.1. The molecular weight excluding hydrogens is 248 g/mol. The van der Waals surface area contributed by atoms with Crippen molar-refractivity contribution in [2.75, 3.05) is 19.4 Å². The van der Waals surface area contributed by atoms with Crippen molar-refractivity contribution in [3.05, 3.63) is 28.8 Å². The predicted molar refractivity (Wildman–Crippen MR) is 77.2 cm³/mol. The van der Waals surface area contributed by atoms with Gasteiger partial charge in [-0.15, -0.1) is 0 Å². The quantitative estimate of drug-likeness (QED) is 0.889. The van der Waals surface area contributed by atoms with E-state index >= 15 is 0 Å². The second-order valence-corrected chi connectivity index (χ2v) is 5.13. The second-order valence-electron chi connectivity index (χ2n) is 4.72. The molecule has 0 saturated carbocycles. The molecule has 1 amide bonds. The first-order valence-corrected chi connectivity index (χ1v) is 6.57. The standard InChI is InChI=1S/C14H21ClN2O/c1-5-6-13(17(3)4)14(18)16-11-8-7-10(2)12(15)9-11/h7-9,13H,5-6H2,1-4H3,(H,16,18)/t13-/m1/s1. The van der Waals surface area contributed by atoms with Crippen LogP contribution in [0.25, 0.3) is 0 Å². The van der Waals surface area contributed by atoms with Gasteiger partial charge in [-0.1, -0.05) is 31.0 Å². The first-order valence-electron chi connectivity index (χ1n) is 6.19. The summed E-state index contributed by atoms with van der Waals surface area (Å²) in [5.74, 6) is 0.0155. The van der Waals surface area contributed by atoms with E-state index in [1.807, 2.05) is 38.1 Å². The molecule has 1 rings (SSSR count). The third-order valence-electron chi connectivity index (χ3n) is 2.93. The number of nitrogens with one attached hydrogen (secondary N) is 1. The Kier molecular flexibility index (Phi) is 5.63. The third-order valence-corrected chi connectivity index (χ3v) is 3.33. The molecule has 0 saturated heterocycles. The van der Waals surface area contributed by atoms with E-state index in [0.29, 0.717) is 5.02 Å². The van der Waals surface area contributed by atoms with Crippen LogP contribution in [0, 0.1) is 6.92 Å². The monoisotopic (exact) mass is 268 g/mol. The fourth-order valence-electron chi connectivity index (χ4n) is 1.79. The lowest BCUT2D eigenvalue weighted by Gasteiger charge is -2.23. The number of carbonyl (C=O) groups excluding carboxylic acids is 1. The number of carbonyl (C=O) groups is 1. The van der Waals surface area contributed by atoms with Gasteiger partial charge in [-0.2, -0.15) is 0 Å². The molecule has 1 aromatic carbocycles. The average molecular weight is 269 g/mol. The summed E-state index contributed by atoms with van der Waals surface area (Å²) in [6.07, 6.45) is 1.82. The molecule has 1 atom stereocenters. The number of nitrogens with zero attached hydrogens (tertiary/aromatic N) is 1. The zero-order valence-electron chi connectivity index (χ0n) is 11.5. The molecule has 0 aliphatic rings. The molecule has 1 N–H and O–H groups in total. The van der Waals surface area contributed by atoms with Crippen LogP contribution >= 0.6 is 11.6 Å². The summed E-state index contributed by atoms with van der Waals surface area (Å²) < 4.78 is 0. The highest BCUT2D eigenvalue weighted by atomic mass is 35.5. The van der Waals surface area contributed by atoms with Crippen molar-refractivity contribution in [2.24, 2.45) is 0 Å². The van der Waals surface area contributed by atoms with E-state index in [1.54, 1.807) is 6.07 Å². The Morgan fingerprint density at radius 2 is 2.11 bits per heavy atom. The Hall–Kier alpha value is -1.06. The van der Waals surface area contributed by atoms with Crippen LogP contribution in [0.3, 0.4) is 0 Å². The minimum Gasteiger partial charge on any atom is -0.325 e. The first kappa shape index (κ1) is 15.0. The lowest BCUT2D eigenvalue weighted by atomic mass is 10.1. The molecule has 18 heavy (non-hydrogen) atoms. The number of hydrogen-bond acceptors (Lipinski definition) is 2. The molecule has 0 fully saturated rings. The molecule has 3 nitrogen and oxygen atoms in total. The van der Waals surface area contributed by atoms with Crippen LogP contribution in [-0.4, -0.2) is 30.9 Å². The van der Waals surface area contributed by atoms with Crippen LogP contribution in [-0.2, 0) is 4.79 Å². The van der Waals surface area contributed by atoms with Gasteiger partial charge in [-0.25, -0.2) is 0 Å². The zero-order valence-corrected chi connectivity index (χ0v) is 12.2. The SMILES string of the molecule is CCC[C@H](C(=O)Nc1ccc(C)c(Cl)c1)N(C)C. The zero-order chi connectivity index (χ0) is 13.7. The van der Waals surface area contributed by atoms with Gasteiger partial charge in [-0.05, 0) is 45.1 Å². The Bertz CT molecular complexity index is 418. The van der Waals surface area contributed by atoms with Gasteiger partial charge in [0.15, 0.2) is 0 Å². The van der Waals surface area contributed by atoms with Crippen LogP contribution in [0.4, 0.5) is 5.69 Å². The van der Waals surface area contributed by atoms with Crippen molar-refractivity contribution < 1.29 is 4.79 Å². The van der Waals surface area contributed by atoms with Gasteiger partial charge in [0.2, 0.25) is 5.91 Å². The fraction of sp³-hybridized carbons (Fsp3) is 0.500. The summed E-state index contributed by atoms with van der Waals surface area (Å²) in [5.41, 5.74) is 1.76. The molecule has 0 radical (unpaired) electrons. The summed E-state index contributed by atoms with van der Waals surface area (Å²) in [7, 11) is 3.84. The maximum absolute atomic E-state index is 12.1. The lowest BCUT2D eigenvalue weighted by molar-refractivity contribution is -0.120. The van der Waals surface area contributed by atoms with Crippen molar-refractivity contribution in [1.29, 1.82) is 0 Å². The highest BCUT2D eigenvalue weighted by Gasteiger charge is 2.19. The molecule has 0 bridgehead atoms. The van der Waals surface area contributed by atoms with E-state index in [1.165, 1.54) is 0 Å². The lowest BCUT2D eigenvalue weighted by Crippen LogP contribution is -2.39. The largest absolute Gasteiger partial charge is 0.325 e. The van der Waals surface area contributed by atoms with Crippen LogP contribution < -0.4 is 5.32 Å². The maximum Gasteiger partial charge on any atom is 0.241 e. The smallest absolute Gasteiger partial charge is 0.241 e. The van der Waals surface area contributed by atoms with Gasteiger partial charge in [0.05, 0.1) is 6.04 Å². The summed E-state index contributed by atoms with van der Waals surface area (Å²) in [6.45, 7) is 4.01. The molecule has 0 aliphatic heterocycles. The minimum atomic E-state index is -0.102. The van der Waals surface area contributed by atoms with E-state index in [-0.39, 0.29) is 11.9 Å². The number of amides is 1. The number of anilines is 1. The molecule has 0 heterocycles. The number of hydrogen-bond donors (Lipinski definition) is 1. The number of halogens is 1. The molecular formula is C14H21ClN2O. The van der Waals surface area contributed by atoms with Crippen molar-refractivity contribution in [1.82, 2.24) is 4.90 Å². The van der Waals surface area contributed by atoms with Crippen LogP contribution in [0.2, 0.25) is 5.02 Å². The topological polar surface area (TPSA) is 32.3 Å². The second kappa shape index (κ2) is 6.76. The van der Waals surface area contributed by atoms with Crippen molar-refractivity contribution in [2.45, 2.75) is 32.7 Å². The van der Waals surface area contributed by atoms with Crippen molar-refractivity contribution in [3.63, 3.8) is 0 Å². The predicted octanol–water partition coefficient (Wildman–Crippen LogP) is 3.32. The van der Waals surface area contributed by atoms with E-state index in [4.69, 9.17) is 11.6 Å². The van der Waals surface area contributed by atoms with Gasteiger partial charge in [0.1, 0.15) is 0 Å². The summed E-state index contributed by atoms with van der Waals surface area (Å²) in [6, 6.07) is 5.46. The highest BCUT2D eigenvalue weighted by molar-refractivity contribution is 6.31. The van der Waals surface area contributed by atoms with E-state index in [9.17, 15) is 4.79 Å². The molecule has 0 aromatic heterocycles. The summed E-state index contributed by atoms with van der Waals surface area (Å²) in [5, 5.41) is 3.58. The number of rotatable bonds is 5. The van der Waals surface area contributed by atoms with Crippen LogP contribution in [0.15, 0.2) is 18.2 Å². The number of aryl methyl sites for hydroxylation is 1. The average Bonchev–Trinajstić information content (AvgIpc) is 2.30. The van der Waals surface area contributed by atoms with Gasteiger partial charge >= 0.3 is 0 Å². The Labute approximate surface area is 114 Å². The van der Waals surface area contributed by atoms with Crippen LogP contribution in [0.5, 0.6) is 0 Å². The van der Waals surface area contributed by atoms with E-state index in [0.717, 1.165) is 24.1 Å². The minimum absolute atomic E-state index is 0.0155. The van der Waals surface area contributed by atoms with Crippen LogP contribution in [0.1, 0.15) is 25.3 Å². The molecule has 100 valence electrons. The van der Waals surface area contributed by atoms with Gasteiger partial charge in [0.25, 0.3) is 0 Å². The summed E-state index contributed by atoms with van der Waals surface area (Å²) >= 11 is 6.04. The molecule has 0 spiro atoms. The molecule has 0 unspecified atom stereocenters. The first-order chi connectivity index (χ1) is 8.45. The van der Waals surface area contributed by atoms with Gasteiger partial charge in [-0.3, -0.25) is 9.69 Å². The number of likely N-dealkylation sites (N-methyl/N-ethyl adjacent to an activating group) is 1. The normalized spacial score (nSPS) is 12.6. The Balaban J connectivity index is 2.76. The van der Waals surface area contributed by atoms with E-state index in [2.05, 4.69) is 12.2 Å². The third kappa shape index (κ3) is 4.00. The fourth-order valence-corrected chi connectivity index (χ4v) is 1.97. The van der Waals surface area contributed by atoms with Gasteiger partial charge in [0, 0.05) is 10.7 Å². The van der Waals surface area contributed by atoms with Crippen molar-refractivity contribution >= 4 is 23.2 Å². The number of benzene rings is 1. The van der Waals surface area contributed by atoms with Crippen molar-refractivity contribution in [3.8, 4) is 0 Å². The Morgan fingerprint density at radius 3 is 2.61 bits per heavy atom. The molecule has 1 aromatic rings. The molecule has 0 aliphatic carbocycles. The highest BCUT2D eigenvalue weighted by Crippen LogP contribution is 2.20. The van der Waals surface area contributed by atoms with E-state index < -0.39 is 0 Å².